The van der Waals surface area contributed by atoms with Crippen molar-refractivity contribution in [1.29, 1.82) is 0 Å². The molecule has 7 atom stereocenters. The first-order chi connectivity index (χ1) is 23.1. The van der Waals surface area contributed by atoms with Gasteiger partial charge in [0.25, 0.3) is 5.91 Å². The Balaban J connectivity index is 1.12. The number of carbonyl (C=O) groups is 3. The fourth-order valence-corrected chi connectivity index (χ4v) is 11.7. The number of benzene rings is 3. The van der Waals surface area contributed by atoms with E-state index in [0.717, 1.165) is 37.7 Å². The number of nitrogens with zero attached hydrogens (tertiary/aromatic N) is 1. The molecule has 9 nitrogen and oxygen atoms in total. The number of thioether (sulfide) groups is 1. The van der Waals surface area contributed by atoms with Gasteiger partial charge in [0.2, 0.25) is 11.8 Å². The lowest BCUT2D eigenvalue weighted by Gasteiger charge is -2.43. The van der Waals surface area contributed by atoms with Crippen LogP contribution in [-0.2, 0) is 14.4 Å². The standard InChI is InChI=1S/C34H26BrCl2N3O6S2/c1-45-17-6-4-16(5-7-17)40-32(42)27-19-12-20(28(27)33(40)43)29-26(19)25(30-31(47-29)39-34(44)48-30)18-10-14(35)2-9-23(18)46-13-24(41)38-15-3-8-21(36)22(37)11-15/h2-11,19-20,25-29H,12-13H2,1H3,(H,38,41)(H,39,44)/t19?,20?,25-,26?,27?,28?,29?/m1/s1. The second-order valence-electron chi connectivity index (χ2n) is 12.3. The fraction of sp³-hybridized carbons (Fsp3) is 0.294. The summed E-state index contributed by atoms with van der Waals surface area (Å²) in [4.78, 5) is 58.9. The zero-order valence-corrected chi connectivity index (χ0v) is 29.8. The van der Waals surface area contributed by atoms with Crippen LogP contribution in [0.15, 0.2) is 75.0 Å². The van der Waals surface area contributed by atoms with Crippen molar-refractivity contribution in [2.45, 2.75) is 22.6 Å². The van der Waals surface area contributed by atoms with Gasteiger partial charge < -0.3 is 19.8 Å². The van der Waals surface area contributed by atoms with Crippen LogP contribution < -0.4 is 24.6 Å². The molecule has 1 aromatic heterocycles. The Morgan fingerprint density at radius 1 is 1.00 bits per heavy atom. The molecule has 14 heteroatoms. The lowest BCUT2D eigenvalue weighted by atomic mass is 9.68. The van der Waals surface area contributed by atoms with Crippen molar-refractivity contribution in [3.8, 4) is 11.5 Å². The summed E-state index contributed by atoms with van der Waals surface area (Å²) < 4.78 is 12.3. The van der Waals surface area contributed by atoms with Crippen LogP contribution in [0.2, 0.25) is 10.0 Å². The van der Waals surface area contributed by atoms with Crippen molar-refractivity contribution in [3.05, 3.63) is 95.3 Å². The molecule has 0 spiro atoms. The number of hydrogen-bond acceptors (Lipinski definition) is 8. The van der Waals surface area contributed by atoms with Crippen molar-refractivity contribution in [2.24, 2.45) is 29.6 Å². The van der Waals surface area contributed by atoms with Gasteiger partial charge in [-0.1, -0.05) is 50.5 Å². The number of H-pyrrole nitrogens is 1. The molecule has 1 saturated heterocycles. The predicted octanol–water partition coefficient (Wildman–Crippen LogP) is 7.21. The smallest absolute Gasteiger partial charge is 0.305 e. The molecule has 2 aliphatic heterocycles. The minimum absolute atomic E-state index is 0.00338. The summed E-state index contributed by atoms with van der Waals surface area (Å²) >= 11 is 18.5. The van der Waals surface area contributed by atoms with E-state index in [4.69, 9.17) is 32.7 Å². The van der Waals surface area contributed by atoms with Crippen LogP contribution in [-0.4, -0.2) is 41.7 Å². The molecule has 3 heterocycles. The van der Waals surface area contributed by atoms with Crippen LogP contribution in [0.1, 0.15) is 22.8 Å². The van der Waals surface area contributed by atoms with Crippen LogP contribution in [0.5, 0.6) is 11.5 Å². The number of thiazole rings is 1. The first-order valence-corrected chi connectivity index (χ1v) is 18.5. The monoisotopic (exact) mass is 785 g/mol. The maximum absolute atomic E-state index is 14.1. The molecular formula is C34H26BrCl2N3O6S2. The lowest BCUT2D eigenvalue weighted by Crippen LogP contribution is -2.42. The molecule has 4 aliphatic rings. The third-order valence-electron chi connectivity index (χ3n) is 9.92. The molecule has 3 fully saturated rings. The van der Waals surface area contributed by atoms with E-state index < -0.39 is 11.8 Å². The van der Waals surface area contributed by atoms with Gasteiger partial charge >= 0.3 is 4.87 Å². The number of methoxy groups -OCH3 is 1. The number of fused-ring (bicyclic) bond motifs is 9. The van der Waals surface area contributed by atoms with E-state index in [9.17, 15) is 19.2 Å². The number of aromatic nitrogens is 1. The summed E-state index contributed by atoms with van der Waals surface area (Å²) in [5, 5.41) is 4.26. The minimum atomic E-state index is -0.459. The first-order valence-electron chi connectivity index (χ1n) is 15.2. The Morgan fingerprint density at radius 3 is 2.48 bits per heavy atom. The van der Waals surface area contributed by atoms with Crippen molar-refractivity contribution >= 4 is 91.3 Å². The highest BCUT2D eigenvalue weighted by Crippen LogP contribution is 2.69. The third kappa shape index (κ3) is 5.19. The summed E-state index contributed by atoms with van der Waals surface area (Å²) in [5.74, 6) is -0.939. The molecule has 0 radical (unpaired) electrons. The van der Waals surface area contributed by atoms with Gasteiger partial charge in [0, 0.05) is 31.8 Å². The van der Waals surface area contributed by atoms with Crippen LogP contribution in [0, 0.1) is 29.6 Å². The highest BCUT2D eigenvalue weighted by atomic mass is 79.9. The van der Waals surface area contributed by atoms with Gasteiger partial charge in [-0.3, -0.25) is 24.1 Å². The number of imide groups is 1. The first kappa shape index (κ1) is 31.9. The second-order valence-corrected chi connectivity index (χ2v) is 16.3. The number of nitrogens with one attached hydrogen (secondary N) is 2. The van der Waals surface area contributed by atoms with E-state index >= 15 is 0 Å². The summed E-state index contributed by atoms with van der Waals surface area (Å²) in [6, 6.07) is 17.4. The molecule has 48 heavy (non-hydrogen) atoms. The van der Waals surface area contributed by atoms with E-state index in [1.54, 1.807) is 61.3 Å². The molecule has 2 N–H and O–H groups in total. The molecular weight excluding hydrogens is 761 g/mol. The Bertz CT molecular complexity index is 2050. The quantitative estimate of drug-likeness (QED) is 0.190. The molecule has 4 aromatic rings. The minimum Gasteiger partial charge on any atom is -0.497 e. The van der Waals surface area contributed by atoms with E-state index in [0.29, 0.717) is 32.9 Å². The van der Waals surface area contributed by atoms with Crippen LogP contribution >= 0.6 is 62.2 Å². The number of halogens is 3. The van der Waals surface area contributed by atoms with Crippen molar-refractivity contribution in [3.63, 3.8) is 0 Å². The molecule has 246 valence electrons. The zero-order chi connectivity index (χ0) is 33.4. The number of rotatable bonds is 7. The average Bonchev–Trinajstić information content (AvgIpc) is 3.81. The average molecular weight is 788 g/mol. The van der Waals surface area contributed by atoms with Gasteiger partial charge in [0.05, 0.1) is 39.7 Å². The molecule has 8 rings (SSSR count). The molecule has 2 aliphatic carbocycles. The van der Waals surface area contributed by atoms with Gasteiger partial charge in [-0.2, -0.15) is 0 Å². The van der Waals surface area contributed by atoms with Crippen molar-refractivity contribution < 1.29 is 23.9 Å². The predicted molar refractivity (Wildman–Crippen MR) is 189 cm³/mol. The summed E-state index contributed by atoms with van der Waals surface area (Å²) in [7, 11) is 1.57. The van der Waals surface area contributed by atoms with Gasteiger partial charge in [-0.15, -0.1) is 11.8 Å². The molecule has 2 saturated carbocycles. The van der Waals surface area contributed by atoms with Crippen molar-refractivity contribution in [1.82, 2.24) is 4.98 Å². The SMILES string of the molecule is COc1ccc(N2C(=O)C3C4CC(C3C2=O)C2C4Sc3[nH]c(=O)sc3[C@@H]2c2cc(Br)ccc2OCC(=O)Nc2ccc(Cl)c(Cl)c2)cc1. The van der Waals surface area contributed by atoms with Crippen molar-refractivity contribution in [2.75, 3.05) is 23.9 Å². The topological polar surface area (TPSA) is 118 Å². The van der Waals surface area contributed by atoms with E-state index in [1.165, 1.54) is 4.90 Å². The Kier molecular flexibility index (Phi) is 8.15. The normalized spacial score (nSPS) is 26.7. The van der Waals surface area contributed by atoms with Gasteiger partial charge in [-0.05, 0) is 84.8 Å². The summed E-state index contributed by atoms with van der Waals surface area (Å²) in [6.07, 6.45) is 0.748. The van der Waals surface area contributed by atoms with Gasteiger partial charge in [0.1, 0.15) is 11.5 Å². The van der Waals surface area contributed by atoms with E-state index in [1.807, 2.05) is 18.2 Å². The number of anilines is 2. The summed E-state index contributed by atoms with van der Waals surface area (Å²) in [6.45, 7) is -0.277. The largest absolute Gasteiger partial charge is 0.497 e. The number of hydrogen-bond donors (Lipinski definition) is 2. The van der Waals surface area contributed by atoms with Crippen LogP contribution in [0.25, 0.3) is 0 Å². The van der Waals surface area contributed by atoms with E-state index in [-0.39, 0.29) is 58.1 Å². The maximum atomic E-state index is 14.1. The Morgan fingerprint density at radius 2 is 1.75 bits per heavy atom. The number of aromatic amines is 1. The maximum Gasteiger partial charge on any atom is 0.305 e. The molecule has 3 aromatic carbocycles. The Labute approximate surface area is 301 Å². The fourth-order valence-electron chi connectivity index (χ4n) is 8.16. The highest BCUT2D eigenvalue weighted by molar-refractivity contribution is 9.10. The lowest BCUT2D eigenvalue weighted by molar-refractivity contribution is -0.123. The third-order valence-corrected chi connectivity index (χ3v) is 13.7. The second kappa shape index (κ2) is 12.2. The number of carbonyl (C=O) groups excluding carboxylic acids is 3. The Hall–Kier alpha value is -3.29. The zero-order valence-electron chi connectivity index (χ0n) is 25.1. The molecule has 2 bridgehead atoms. The van der Waals surface area contributed by atoms with E-state index in [2.05, 4.69) is 26.2 Å². The van der Waals surface area contributed by atoms with Crippen LogP contribution in [0.4, 0.5) is 11.4 Å². The highest BCUT2D eigenvalue weighted by Gasteiger charge is 2.69. The number of ether oxygens (including phenoxy) is 2. The summed E-state index contributed by atoms with van der Waals surface area (Å²) in [5.41, 5.74) is 1.84. The van der Waals surface area contributed by atoms with Gasteiger partial charge in [-0.25, -0.2) is 0 Å². The van der Waals surface area contributed by atoms with Crippen LogP contribution in [0.3, 0.4) is 0 Å². The molecule has 6 unspecified atom stereocenters. The van der Waals surface area contributed by atoms with Gasteiger partial charge in [0.15, 0.2) is 6.61 Å². The molecule has 3 amide bonds. The number of amides is 3.